The first-order valence-electron chi connectivity index (χ1n) is 12.2. The van der Waals surface area contributed by atoms with Crippen LogP contribution in [0.4, 0.5) is 4.79 Å². The Kier molecular flexibility index (Phi) is 7.54. The highest BCUT2D eigenvalue weighted by Crippen LogP contribution is 2.44. The van der Waals surface area contributed by atoms with Crippen molar-refractivity contribution in [2.75, 3.05) is 6.61 Å². The number of carboxylic acids is 1. The maximum atomic E-state index is 13.0. The molecule has 2 aliphatic rings. The van der Waals surface area contributed by atoms with E-state index in [2.05, 4.69) is 34.9 Å². The number of fused-ring (bicyclic) bond motifs is 3. The standard InChI is InChI=1S/C28H32N2O5/c1-3-17(2)25(26(31)29-19-10-8-9-18(15-19)27(32)33)30-28(34)35-16-24-22-13-6-4-11-20(22)21-12-5-7-14-23(21)24/h4-8,10-14,17-19,24-25H,3,9,15-16H2,1-2H3,(H,29,31)(H,30,34)(H,32,33)/t17?,18-,19-,25?/m0/s1. The number of amides is 2. The van der Waals surface area contributed by atoms with Crippen molar-refractivity contribution < 1.29 is 24.2 Å². The van der Waals surface area contributed by atoms with Gasteiger partial charge in [-0.05, 0) is 41.0 Å². The van der Waals surface area contributed by atoms with E-state index >= 15 is 0 Å². The second kappa shape index (κ2) is 10.8. The number of hydrogen-bond acceptors (Lipinski definition) is 4. The van der Waals surface area contributed by atoms with Crippen molar-refractivity contribution in [3.05, 3.63) is 71.8 Å². The third kappa shape index (κ3) is 5.39. The highest BCUT2D eigenvalue weighted by molar-refractivity contribution is 5.86. The normalized spacial score (nSPS) is 20.3. The van der Waals surface area contributed by atoms with E-state index in [4.69, 9.17) is 4.74 Å². The highest BCUT2D eigenvalue weighted by atomic mass is 16.5. The Morgan fingerprint density at radius 2 is 1.69 bits per heavy atom. The molecule has 2 unspecified atom stereocenters. The van der Waals surface area contributed by atoms with Crippen LogP contribution < -0.4 is 10.6 Å². The minimum absolute atomic E-state index is 0.0654. The van der Waals surface area contributed by atoms with Crippen LogP contribution in [-0.2, 0) is 14.3 Å². The van der Waals surface area contributed by atoms with Crippen LogP contribution >= 0.6 is 0 Å². The lowest BCUT2D eigenvalue weighted by atomic mass is 9.90. The van der Waals surface area contributed by atoms with Crippen LogP contribution in [0, 0.1) is 11.8 Å². The fraction of sp³-hybridized carbons (Fsp3) is 0.393. The lowest BCUT2D eigenvalue weighted by Gasteiger charge is -2.28. The van der Waals surface area contributed by atoms with Crippen molar-refractivity contribution in [1.82, 2.24) is 10.6 Å². The molecule has 35 heavy (non-hydrogen) atoms. The summed E-state index contributed by atoms with van der Waals surface area (Å²) in [5, 5.41) is 14.9. The molecule has 0 saturated carbocycles. The van der Waals surface area contributed by atoms with Gasteiger partial charge >= 0.3 is 12.1 Å². The van der Waals surface area contributed by atoms with Crippen LogP contribution in [0.5, 0.6) is 0 Å². The van der Waals surface area contributed by atoms with E-state index < -0.39 is 24.0 Å². The number of ether oxygens (including phenoxy) is 1. The molecule has 4 rings (SSSR count). The van der Waals surface area contributed by atoms with Gasteiger partial charge in [-0.3, -0.25) is 9.59 Å². The molecule has 4 atom stereocenters. The average molecular weight is 477 g/mol. The number of carbonyl (C=O) groups is 3. The molecule has 2 aliphatic carbocycles. The summed E-state index contributed by atoms with van der Waals surface area (Å²) in [6.07, 6.45) is 4.42. The average Bonchev–Trinajstić information content (AvgIpc) is 3.19. The van der Waals surface area contributed by atoms with Gasteiger partial charge in [0, 0.05) is 12.0 Å². The minimum atomic E-state index is -0.871. The van der Waals surface area contributed by atoms with Gasteiger partial charge in [0.2, 0.25) is 5.91 Å². The number of alkyl carbamates (subject to hydrolysis) is 1. The zero-order valence-corrected chi connectivity index (χ0v) is 20.1. The number of benzene rings is 2. The van der Waals surface area contributed by atoms with Crippen LogP contribution in [-0.4, -0.2) is 41.8 Å². The number of carboxylic acid groups (broad SMARTS) is 1. The number of rotatable bonds is 8. The van der Waals surface area contributed by atoms with Gasteiger partial charge in [0.15, 0.2) is 0 Å². The van der Waals surface area contributed by atoms with E-state index in [-0.39, 0.29) is 30.4 Å². The van der Waals surface area contributed by atoms with Crippen molar-refractivity contribution in [1.29, 1.82) is 0 Å². The quantitative estimate of drug-likeness (QED) is 0.488. The first kappa shape index (κ1) is 24.5. The fourth-order valence-corrected chi connectivity index (χ4v) is 4.94. The SMILES string of the molecule is CCC(C)C(NC(=O)OCC1c2ccccc2-c2ccccc21)C(=O)N[C@H]1C=CC[C@H](C(=O)O)C1. The van der Waals surface area contributed by atoms with Gasteiger partial charge < -0.3 is 20.5 Å². The van der Waals surface area contributed by atoms with E-state index in [1.807, 2.05) is 44.2 Å². The van der Waals surface area contributed by atoms with E-state index in [9.17, 15) is 19.5 Å². The van der Waals surface area contributed by atoms with Gasteiger partial charge in [-0.1, -0.05) is 81.0 Å². The summed E-state index contributed by atoms with van der Waals surface area (Å²) in [7, 11) is 0. The molecule has 7 nitrogen and oxygen atoms in total. The van der Waals surface area contributed by atoms with Gasteiger partial charge in [-0.15, -0.1) is 0 Å². The van der Waals surface area contributed by atoms with Crippen molar-refractivity contribution in [2.24, 2.45) is 11.8 Å². The Balaban J connectivity index is 1.40. The molecule has 0 heterocycles. The maximum absolute atomic E-state index is 13.0. The van der Waals surface area contributed by atoms with Gasteiger partial charge in [-0.2, -0.15) is 0 Å². The minimum Gasteiger partial charge on any atom is -0.481 e. The summed E-state index contributed by atoms with van der Waals surface area (Å²) in [5.74, 6) is -1.93. The summed E-state index contributed by atoms with van der Waals surface area (Å²) in [5.41, 5.74) is 4.54. The Labute approximate surface area is 205 Å². The lowest BCUT2D eigenvalue weighted by Crippen LogP contribution is -2.53. The van der Waals surface area contributed by atoms with E-state index in [0.29, 0.717) is 19.3 Å². The zero-order valence-electron chi connectivity index (χ0n) is 20.1. The van der Waals surface area contributed by atoms with Crippen molar-refractivity contribution >= 4 is 18.0 Å². The topological polar surface area (TPSA) is 105 Å². The van der Waals surface area contributed by atoms with Crippen LogP contribution in [0.3, 0.4) is 0 Å². The summed E-state index contributed by atoms with van der Waals surface area (Å²) in [4.78, 5) is 37.2. The molecule has 0 bridgehead atoms. The molecule has 2 amide bonds. The number of allylic oxidation sites excluding steroid dienone is 1. The smallest absolute Gasteiger partial charge is 0.407 e. The molecule has 184 valence electrons. The Morgan fingerprint density at radius 1 is 1.06 bits per heavy atom. The monoisotopic (exact) mass is 476 g/mol. The third-order valence-electron chi connectivity index (χ3n) is 7.12. The maximum Gasteiger partial charge on any atom is 0.407 e. The molecule has 0 fully saturated rings. The molecule has 0 aliphatic heterocycles. The second-order valence-corrected chi connectivity index (χ2v) is 9.38. The molecule has 0 spiro atoms. The molecule has 2 aromatic carbocycles. The molecule has 2 aromatic rings. The van der Waals surface area contributed by atoms with Gasteiger partial charge in [-0.25, -0.2) is 4.79 Å². The van der Waals surface area contributed by atoms with E-state index in [1.54, 1.807) is 6.08 Å². The summed E-state index contributed by atoms with van der Waals surface area (Å²) < 4.78 is 5.63. The van der Waals surface area contributed by atoms with E-state index in [0.717, 1.165) is 22.3 Å². The summed E-state index contributed by atoms with van der Waals surface area (Å²) >= 11 is 0. The van der Waals surface area contributed by atoms with Crippen LogP contribution in [0.2, 0.25) is 0 Å². The second-order valence-electron chi connectivity index (χ2n) is 9.38. The predicted octanol–water partition coefficient (Wildman–Crippen LogP) is 4.48. The number of aliphatic carboxylic acids is 1. The number of nitrogens with one attached hydrogen (secondary N) is 2. The first-order valence-corrected chi connectivity index (χ1v) is 12.2. The first-order chi connectivity index (χ1) is 16.9. The number of hydrogen-bond donors (Lipinski definition) is 3. The summed E-state index contributed by atoms with van der Waals surface area (Å²) in [6.45, 7) is 4.01. The van der Waals surface area contributed by atoms with Crippen LogP contribution in [0.25, 0.3) is 11.1 Å². The largest absolute Gasteiger partial charge is 0.481 e. The van der Waals surface area contributed by atoms with Crippen molar-refractivity contribution in [3.63, 3.8) is 0 Å². The van der Waals surface area contributed by atoms with Gasteiger partial charge in [0.1, 0.15) is 12.6 Å². The molecule has 0 saturated heterocycles. The molecule has 3 N–H and O–H groups in total. The predicted molar refractivity (Wildman–Crippen MR) is 133 cm³/mol. The van der Waals surface area contributed by atoms with Crippen molar-refractivity contribution in [2.45, 2.75) is 51.1 Å². The van der Waals surface area contributed by atoms with Crippen LogP contribution in [0.15, 0.2) is 60.7 Å². The van der Waals surface area contributed by atoms with Crippen molar-refractivity contribution in [3.8, 4) is 11.1 Å². The third-order valence-corrected chi connectivity index (χ3v) is 7.12. The molecule has 7 heteroatoms. The molecule has 0 aromatic heterocycles. The lowest BCUT2D eigenvalue weighted by molar-refractivity contribution is -0.142. The van der Waals surface area contributed by atoms with E-state index in [1.165, 1.54) is 0 Å². The van der Waals surface area contributed by atoms with Gasteiger partial charge in [0.25, 0.3) is 0 Å². The Bertz CT molecular complexity index is 1080. The van der Waals surface area contributed by atoms with Crippen LogP contribution in [0.1, 0.15) is 50.2 Å². The molecule has 0 radical (unpaired) electrons. The van der Waals surface area contributed by atoms with Gasteiger partial charge in [0.05, 0.1) is 5.92 Å². The molecular formula is C28H32N2O5. The number of carbonyl (C=O) groups excluding carboxylic acids is 2. The molecular weight excluding hydrogens is 444 g/mol. The summed E-state index contributed by atoms with van der Waals surface area (Å²) in [6, 6.07) is 15.1. The Morgan fingerprint density at radius 3 is 2.29 bits per heavy atom. The zero-order chi connectivity index (χ0) is 24.9. The highest BCUT2D eigenvalue weighted by Gasteiger charge is 2.32. The fourth-order valence-electron chi connectivity index (χ4n) is 4.94. The Hall–Kier alpha value is -3.61.